The van der Waals surface area contributed by atoms with Crippen molar-refractivity contribution >= 4 is 5.91 Å². The molecule has 6 nitrogen and oxygen atoms in total. The van der Waals surface area contributed by atoms with Gasteiger partial charge >= 0.3 is 5.92 Å². The van der Waals surface area contributed by atoms with Crippen molar-refractivity contribution in [3.8, 4) is 17.7 Å². The van der Waals surface area contributed by atoms with Crippen molar-refractivity contribution in [3.63, 3.8) is 0 Å². The monoisotopic (exact) mass is 358 g/mol. The molecule has 1 atom stereocenters. The lowest BCUT2D eigenvalue weighted by Crippen LogP contribution is -2.34. The number of benzene rings is 1. The molecule has 1 amide bonds. The third-order valence-corrected chi connectivity index (χ3v) is 3.36. The molecule has 8 heteroatoms. The fourth-order valence-electron chi connectivity index (χ4n) is 1.87. The van der Waals surface area contributed by atoms with Gasteiger partial charge in [-0.2, -0.15) is 19.0 Å². The fraction of sp³-hybridized carbons (Fsp3) is 0.222. The normalized spacial score (nSPS) is 12.0. The van der Waals surface area contributed by atoms with E-state index < -0.39 is 23.7 Å². The summed E-state index contributed by atoms with van der Waals surface area (Å²) in [6.07, 6.45) is 0.967. The van der Waals surface area contributed by atoms with E-state index >= 15 is 0 Å². The minimum Gasteiger partial charge on any atom is -0.438 e. The van der Waals surface area contributed by atoms with Crippen LogP contribution in [0.4, 0.5) is 8.78 Å². The highest BCUT2D eigenvalue weighted by Gasteiger charge is 2.30. The van der Waals surface area contributed by atoms with Crippen LogP contribution in [0.25, 0.3) is 0 Å². The number of carbonyl (C=O) groups excluding carboxylic acids is 1. The van der Waals surface area contributed by atoms with Crippen LogP contribution in [-0.2, 0) is 5.92 Å². The lowest BCUT2D eigenvalue weighted by molar-refractivity contribution is 0.00708. The Morgan fingerprint density at radius 1 is 1.38 bits per heavy atom. The van der Waals surface area contributed by atoms with Crippen molar-refractivity contribution in [2.75, 3.05) is 0 Å². The number of aromatic nitrogens is 2. The lowest BCUT2D eigenvalue weighted by atomic mass is 10.1. The van der Waals surface area contributed by atoms with Crippen LogP contribution in [0.1, 0.15) is 30.0 Å². The summed E-state index contributed by atoms with van der Waals surface area (Å²) < 4.78 is 32.6. The van der Waals surface area contributed by atoms with Gasteiger partial charge in [-0.3, -0.25) is 4.79 Å². The summed E-state index contributed by atoms with van der Waals surface area (Å²) >= 11 is 0. The van der Waals surface area contributed by atoms with Gasteiger partial charge in [0.25, 0.3) is 5.91 Å². The number of rotatable bonds is 6. The Bertz CT molecular complexity index is 858. The second-order valence-electron chi connectivity index (χ2n) is 5.55. The van der Waals surface area contributed by atoms with E-state index in [0.717, 1.165) is 6.20 Å². The summed E-state index contributed by atoms with van der Waals surface area (Å²) in [5.41, 5.74) is 0.000880. The highest BCUT2D eigenvalue weighted by molar-refractivity contribution is 5.96. The van der Waals surface area contributed by atoms with Crippen LogP contribution in [0.2, 0.25) is 0 Å². The third kappa shape index (κ3) is 4.60. The second kappa shape index (κ2) is 7.70. The van der Waals surface area contributed by atoms with Crippen LogP contribution in [0, 0.1) is 11.3 Å². The van der Waals surface area contributed by atoms with Gasteiger partial charge in [-0.1, -0.05) is 24.8 Å². The zero-order valence-corrected chi connectivity index (χ0v) is 14.2. The van der Waals surface area contributed by atoms with Gasteiger partial charge in [0.2, 0.25) is 11.7 Å². The fourth-order valence-corrected chi connectivity index (χ4v) is 1.87. The lowest BCUT2D eigenvalue weighted by Gasteiger charge is -2.16. The number of ether oxygens (including phenoxy) is 1. The highest BCUT2D eigenvalue weighted by Crippen LogP contribution is 2.28. The van der Waals surface area contributed by atoms with Gasteiger partial charge in [0, 0.05) is 18.7 Å². The topological polar surface area (TPSA) is 87.9 Å². The number of alkyl halides is 2. The predicted octanol–water partition coefficient (Wildman–Crippen LogP) is 3.58. The van der Waals surface area contributed by atoms with E-state index in [-0.39, 0.29) is 17.0 Å². The van der Waals surface area contributed by atoms with Crippen molar-refractivity contribution in [2.24, 2.45) is 0 Å². The first kappa shape index (κ1) is 19.0. The standard InChI is InChI=1S/C18H16F2N4O2/c1-11(9-21)12(2)23-15(25)14-10-22-17(18(3,19)20)24-16(14)26-13-7-5-4-6-8-13/h4-8,10,12H,1H2,2-3H3,(H,23,25)/t12-/m0/s1. The number of hydrogen-bond donors (Lipinski definition) is 1. The van der Waals surface area contributed by atoms with E-state index in [1.165, 1.54) is 0 Å². The third-order valence-electron chi connectivity index (χ3n) is 3.36. The molecule has 1 N–H and O–H groups in total. The Morgan fingerprint density at radius 3 is 2.62 bits per heavy atom. The molecule has 0 aliphatic rings. The minimum atomic E-state index is -3.30. The number of nitrogens with zero attached hydrogens (tertiary/aromatic N) is 3. The average Bonchev–Trinajstić information content (AvgIpc) is 2.60. The SMILES string of the molecule is C=C(C#N)[C@H](C)NC(=O)c1cnc(C(C)(F)F)nc1Oc1ccccc1. The molecule has 0 fully saturated rings. The molecule has 2 aromatic rings. The van der Waals surface area contributed by atoms with Gasteiger partial charge in [0.1, 0.15) is 11.3 Å². The number of nitrogens with one attached hydrogen (secondary N) is 1. The van der Waals surface area contributed by atoms with E-state index in [1.807, 2.05) is 6.07 Å². The molecule has 0 saturated carbocycles. The molecule has 0 aliphatic carbocycles. The molecule has 26 heavy (non-hydrogen) atoms. The first-order valence-electron chi connectivity index (χ1n) is 7.60. The number of halogens is 2. The Balaban J connectivity index is 2.39. The smallest absolute Gasteiger partial charge is 0.303 e. The molecule has 0 unspecified atom stereocenters. The molecule has 1 aromatic carbocycles. The zero-order valence-electron chi connectivity index (χ0n) is 14.2. The van der Waals surface area contributed by atoms with Gasteiger partial charge in [-0.25, -0.2) is 4.98 Å². The maximum atomic E-state index is 13.5. The summed E-state index contributed by atoms with van der Waals surface area (Å²) in [6.45, 7) is 5.73. The Kier molecular flexibility index (Phi) is 5.62. The van der Waals surface area contributed by atoms with Gasteiger partial charge < -0.3 is 10.1 Å². The van der Waals surface area contributed by atoms with Crippen LogP contribution in [0.3, 0.4) is 0 Å². The van der Waals surface area contributed by atoms with Crippen LogP contribution < -0.4 is 10.1 Å². The Hall–Kier alpha value is -3.34. The van der Waals surface area contributed by atoms with Crippen LogP contribution in [0.15, 0.2) is 48.7 Å². The number of hydrogen-bond acceptors (Lipinski definition) is 5. The summed E-state index contributed by atoms with van der Waals surface area (Å²) in [7, 11) is 0. The molecule has 2 rings (SSSR count). The zero-order chi connectivity index (χ0) is 19.3. The van der Waals surface area contributed by atoms with Crippen LogP contribution in [0.5, 0.6) is 11.6 Å². The van der Waals surface area contributed by atoms with Gasteiger partial charge in [-0.15, -0.1) is 0 Å². The quantitative estimate of drug-likeness (QED) is 0.798. The van der Waals surface area contributed by atoms with E-state index in [4.69, 9.17) is 10.00 Å². The van der Waals surface area contributed by atoms with Crippen LogP contribution >= 0.6 is 0 Å². The summed E-state index contributed by atoms with van der Waals surface area (Å²) in [6, 6.07) is 9.49. The van der Waals surface area contributed by atoms with Crippen molar-refractivity contribution in [1.82, 2.24) is 15.3 Å². The first-order chi connectivity index (χ1) is 12.2. The molecule has 0 aliphatic heterocycles. The van der Waals surface area contributed by atoms with E-state index in [0.29, 0.717) is 12.7 Å². The number of para-hydroxylation sites is 1. The Labute approximate surface area is 149 Å². The van der Waals surface area contributed by atoms with Crippen molar-refractivity contribution in [3.05, 3.63) is 60.1 Å². The predicted molar refractivity (Wildman–Crippen MR) is 89.8 cm³/mol. The van der Waals surface area contributed by atoms with Crippen molar-refractivity contribution in [2.45, 2.75) is 25.8 Å². The average molecular weight is 358 g/mol. The summed E-state index contributed by atoms with van der Waals surface area (Å²) in [4.78, 5) is 19.7. The molecular formula is C18H16F2N4O2. The summed E-state index contributed by atoms with van der Waals surface area (Å²) in [5, 5.41) is 11.4. The second-order valence-corrected chi connectivity index (χ2v) is 5.55. The maximum absolute atomic E-state index is 13.5. The van der Waals surface area contributed by atoms with Crippen molar-refractivity contribution < 1.29 is 18.3 Å². The van der Waals surface area contributed by atoms with E-state index in [9.17, 15) is 13.6 Å². The molecule has 134 valence electrons. The van der Waals surface area contributed by atoms with Gasteiger partial charge in [-0.05, 0) is 19.1 Å². The largest absolute Gasteiger partial charge is 0.438 e. The van der Waals surface area contributed by atoms with Crippen LogP contribution in [-0.4, -0.2) is 21.9 Å². The highest BCUT2D eigenvalue weighted by atomic mass is 19.3. The molecule has 0 radical (unpaired) electrons. The molecule has 0 saturated heterocycles. The van der Waals surface area contributed by atoms with Crippen molar-refractivity contribution in [1.29, 1.82) is 5.26 Å². The molecular weight excluding hydrogens is 342 g/mol. The van der Waals surface area contributed by atoms with E-state index in [1.54, 1.807) is 37.3 Å². The number of nitriles is 1. The van der Waals surface area contributed by atoms with Gasteiger partial charge in [0.15, 0.2) is 0 Å². The number of amides is 1. The van der Waals surface area contributed by atoms with E-state index in [2.05, 4.69) is 21.9 Å². The molecule has 0 spiro atoms. The Morgan fingerprint density at radius 2 is 2.04 bits per heavy atom. The molecule has 1 aromatic heterocycles. The van der Waals surface area contributed by atoms with Gasteiger partial charge in [0.05, 0.1) is 12.1 Å². The summed E-state index contributed by atoms with van der Waals surface area (Å²) in [5.74, 6) is -4.73. The number of carbonyl (C=O) groups is 1. The first-order valence-corrected chi connectivity index (χ1v) is 7.60. The maximum Gasteiger partial charge on any atom is 0.303 e. The molecule has 1 heterocycles. The molecule has 0 bridgehead atoms. The minimum absolute atomic E-state index is 0.139.